The topological polar surface area (TPSA) is 78.8 Å². The van der Waals surface area contributed by atoms with E-state index in [1.165, 1.54) is 24.4 Å². The average Bonchev–Trinajstić information content (AvgIpc) is 2.59. The smallest absolute Gasteiger partial charge is 0.260 e. The van der Waals surface area contributed by atoms with Crippen molar-refractivity contribution in [3.05, 3.63) is 64.5 Å². The quantitative estimate of drug-likeness (QED) is 0.607. The number of para-hydroxylation sites is 1. The lowest BCUT2D eigenvalue weighted by atomic mass is 10.00. The van der Waals surface area contributed by atoms with Gasteiger partial charge in [-0.2, -0.15) is 5.10 Å². The predicted octanol–water partition coefficient (Wildman–Crippen LogP) is 2.67. The van der Waals surface area contributed by atoms with Gasteiger partial charge in [0.1, 0.15) is 12.4 Å². The normalized spacial score (nSPS) is 11.6. The molecule has 0 aliphatic carbocycles. The molecule has 0 bridgehead atoms. The summed E-state index contributed by atoms with van der Waals surface area (Å²) >= 11 is 0. The van der Waals surface area contributed by atoms with E-state index in [9.17, 15) is 17.6 Å². The molecular formula is C19H22FN3O3S. The molecule has 0 radical (unpaired) electrons. The fourth-order valence-corrected chi connectivity index (χ4v) is 3.35. The van der Waals surface area contributed by atoms with Gasteiger partial charge in [-0.3, -0.25) is 9.10 Å². The number of sulfonamides is 1. The number of aryl methyl sites for hydroxylation is 1. The summed E-state index contributed by atoms with van der Waals surface area (Å²) in [6.45, 7) is 5.38. The molecule has 2 aromatic carbocycles. The molecule has 8 heteroatoms. The lowest BCUT2D eigenvalue weighted by Crippen LogP contribution is -2.39. The van der Waals surface area contributed by atoms with Crippen LogP contribution >= 0.6 is 0 Å². The highest BCUT2D eigenvalue weighted by atomic mass is 32.2. The van der Waals surface area contributed by atoms with Crippen molar-refractivity contribution in [3.8, 4) is 0 Å². The van der Waals surface area contributed by atoms with Gasteiger partial charge in [0, 0.05) is 0 Å². The minimum Gasteiger partial charge on any atom is -0.271 e. The van der Waals surface area contributed by atoms with Gasteiger partial charge in [-0.25, -0.2) is 18.2 Å². The Hall–Kier alpha value is -2.74. The number of rotatable bonds is 6. The van der Waals surface area contributed by atoms with E-state index in [0.29, 0.717) is 4.31 Å². The van der Waals surface area contributed by atoms with Crippen molar-refractivity contribution in [1.82, 2.24) is 5.43 Å². The van der Waals surface area contributed by atoms with Crippen molar-refractivity contribution in [2.45, 2.75) is 20.8 Å². The Labute approximate surface area is 158 Å². The van der Waals surface area contributed by atoms with Crippen LogP contribution in [0.4, 0.5) is 10.1 Å². The van der Waals surface area contributed by atoms with Crippen LogP contribution in [0.25, 0.3) is 0 Å². The number of hydrazone groups is 1. The first kappa shape index (κ1) is 20.6. The van der Waals surface area contributed by atoms with Gasteiger partial charge in [0.25, 0.3) is 5.91 Å². The summed E-state index contributed by atoms with van der Waals surface area (Å²) in [4.78, 5) is 12.1. The van der Waals surface area contributed by atoms with Crippen molar-refractivity contribution in [1.29, 1.82) is 0 Å². The average molecular weight is 391 g/mol. The van der Waals surface area contributed by atoms with Crippen LogP contribution in [0.1, 0.15) is 22.3 Å². The fraction of sp³-hybridized carbons (Fsp3) is 0.263. The third kappa shape index (κ3) is 5.13. The highest BCUT2D eigenvalue weighted by Crippen LogP contribution is 2.21. The number of amides is 1. The monoisotopic (exact) mass is 391 g/mol. The lowest BCUT2D eigenvalue weighted by molar-refractivity contribution is -0.119. The molecule has 0 atom stereocenters. The molecule has 1 N–H and O–H groups in total. The second-order valence-corrected chi connectivity index (χ2v) is 8.14. The lowest BCUT2D eigenvalue weighted by Gasteiger charge is -2.21. The van der Waals surface area contributed by atoms with E-state index >= 15 is 0 Å². The maximum Gasteiger partial charge on any atom is 0.260 e. The van der Waals surface area contributed by atoms with E-state index in [1.807, 2.05) is 32.9 Å². The summed E-state index contributed by atoms with van der Waals surface area (Å²) in [7, 11) is -3.85. The zero-order valence-electron chi connectivity index (χ0n) is 15.7. The van der Waals surface area contributed by atoms with Crippen LogP contribution in [0.15, 0.2) is 41.5 Å². The molecule has 0 saturated carbocycles. The molecule has 0 aromatic heterocycles. The van der Waals surface area contributed by atoms with Crippen molar-refractivity contribution in [2.24, 2.45) is 5.10 Å². The van der Waals surface area contributed by atoms with Gasteiger partial charge in [-0.1, -0.05) is 24.3 Å². The molecule has 6 nitrogen and oxygen atoms in total. The first-order valence-corrected chi connectivity index (χ1v) is 10.1. The number of halogens is 1. The van der Waals surface area contributed by atoms with Gasteiger partial charge in [-0.05, 0) is 55.2 Å². The summed E-state index contributed by atoms with van der Waals surface area (Å²) in [5.74, 6) is -1.41. The third-order valence-corrected chi connectivity index (χ3v) is 5.43. The molecule has 0 saturated heterocycles. The van der Waals surface area contributed by atoms with Gasteiger partial charge < -0.3 is 0 Å². The Morgan fingerprint density at radius 3 is 2.44 bits per heavy atom. The molecule has 27 heavy (non-hydrogen) atoms. The molecule has 2 aromatic rings. The number of benzene rings is 2. The number of carbonyl (C=O) groups excluding carboxylic acids is 1. The fourth-order valence-electron chi connectivity index (χ4n) is 2.49. The van der Waals surface area contributed by atoms with Gasteiger partial charge in [0.2, 0.25) is 10.0 Å². The summed E-state index contributed by atoms with van der Waals surface area (Å²) in [5.41, 5.74) is 6.26. The van der Waals surface area contributed by atoms with Crippen molar-refractivity contribution >= 4 is 27.8 Å². The van der Waals surface area contributed by atoms with Crippen LogP contribution in [0.2, 0.25) is 0 Å². The van der Waals surface area contributed by atoms with Crippen LogP contribution < -0.4 is 9.73 Å². The molecule has 2 rings (SSSR count). The van der Waals surface area contributed by atoms with E-state index < -0.39 is 28.3 Å². The summed E-state index contributed by atoms with van der Waals surface area (Å²) < 4.78 is 38.6. The van der Waals surface area contributed by atoms with Gasteiger partial charge in [-0.15, -0.1) is 0 Å². The van der Waals surface area contributed by atoms with Crippen LogP contribution in [0.3, 0.4) is 0 Å². The highest BCUT2D eigenvalue weighted by Gasteiger charge is 2.23. The van der Waals surface area contributed by atoms with Gasteiger partial charge in [0.05, 0.1) is 18.2 Å². The SMILES string of the molecule is Cc1ccc(/C=N\NC(=O)CN(c2ccccc2F)S(C)(=O)=O)c(C)c1C. The Morgan fingerprint density at radius 1 is 1.15 bits per heavy atom. The van der Waals surface area contributed by atoms with E-state index in [4.69, 9.17) is 0 Å². The Bertz CT molecular complexity index is 988. The second-order valence-electron chi connectivity index (χ2n) is 6.24. The largest absolute Gasteiger partial charge is 0.271 e. The maximum atomic E-state index is 13.9. The predicted molar refractivity (Wildman–Crippen MR) is 105 cm³/mol. The number of carbonyl (C=O) groups is 1. The van der Waals surface area contributed by atoms with E-state index in [1.54, 1.807) is 0 Å². The molecule has 0 fully saturated rings. The van der Waals surface area contributed by atoms with Crippen molar-refractivity contribution < 1.29 is 17.6 Å². The minimum absolute atomic E-state index is 0.191. The first-order valence-electron chi connectivity index (χ1n) is 8.22. The Kier molecular flexibility index (Phi) is 6.32. The van der Waals surface area contributed by atoms with Crippen LogP contribution in [0.5, 0.6) is 0 Å². The number of nitrogens with one attached hydrogen (secondary N) is 1. The molecule has 1 amide bonds. The molecule has 0 aliphatic rings. The highest BCUT2D eigenvalue weighted by molar-refractivity contribution is 7.92. The van der Waals surface area contributed by atoms with Crippen LogP contribution in [0, 0.1) is 26.6 Å². The Balaban J connectivity index is 2.13. The van der Waals surface area contributed by atoms with E-state index in [-0.39, 0.29) is 5.69 Å². The molecular weight excluding hydrogens is 369 g/mol. The Morgan fingerprint density at radius 2 is 1.81 bits per heavy atom. The summed E-state index contributed by atoms with van der Waals surface area (Å²) in [6.07, 6.45) is 2.40. The van der Waals surface area contributed by atoms with Crippen molar-refractivity contribution in [2.75, 3.05) is 17.1 Å². The zero-order chi connectivity index (χ0) is 20.2. The molecule has 0 unspecified atom stereocenters. The van der Waals surface area contributed by atoms with Crippen LogP contribution in [-0.2, 0) is 14.8 Å². The standard InChI is InChI=1S/C19H22FN3O3S/c1-13-9-10-16(15(3)14(13)2)11-21-22-19(24)12-23(27(4,25)26)18-8-6-5-7-17(18)20/h5-11H,12H2,1-4H3,(H,22,24)/b21-11-. The number of hydrogen-bond donors (Lipinski definition) is 1. The zero-order valence-corrected chi connectivity index (χ0v) is 16.5. The molecule has 0 aliphatic heterocycles. The molecule has 0 heterocycles. The van der Waals surface area contributed by atoms with E-state index in [0.717, 1.165) is 34.6 Å². The first-order chi connectivity index (χ1) is 12.6. The van der Waals surface area contributed by atoms with Gasteiger partial charge >= 0.3 is 0 Å². The molecule has 144 valence electrons. The number of nitrogens with zero attached hydrogens (tertiary/aromatic N) is 2. The van der Waals surface area contributed by atoms with E-state index in [2.05, 4.69) is 10.5 Å². The second kappa shape index (κ2) is 8.30. The third-order valence-electron chi connectivity index (χ3n) is 4.30. The van der Waals surface area contributed by atoms with Crippen molar-refractivity contribution in [3.63, 3.8) is 0 Å². The number of anilines is 1. The van der Waals surface area contributed by atoms with Gasteiger partial charge in [0.15, 0.2) is 0 Å². The maximum absolute atomic E-state index is 13.9. The van der Waals surface area contributed by atoms with Crippen LogP contribution in [-0.4, -0.2) is 33.3 Å². The molecule has 0 spiro atoms. The summed E-state index contributed by atoms with van der Waals surface area (Å²) in [6, 6.07) is 9.20. The minimum atomic E-state index is -3.85. The number of hydrogen-bond acceptors (Lipinski definition) is 4. The summed E-state index contributed by atoms with van der Waals surface area (Å²) in [5, 5.41) is 3.88.